The van der Waals surface area contributed by atoms with Crippen molar-refractivity contribution >= 4 is 33.7 Å². The van der Waals surface area contributed by atoms with Crippen molar-refractivity contribution in [1.29, 1.82) is 0 Å². The zero-order chi connectivity index (χ0) is 16.2. The summed E-state index contributed by atoms with van der Waals surface area (Å²) in [5, 5.41) is 2.85. The van der Waals surface area contributed by atoms with Crippen LogP contribution in [0.25, 0.3) is 6.08 Å². The van der Waals surface area contributed by atoms with E-state index in [4.69, 9.17) is 0 Å². The van der Waals surface area contributed by atoms with E-state index >= 15 is 0 Å². The maximum Gasteiger partial charge on any atom is 0.275 e. The summed E-state index contributed by atoms with van der Waals surface area (Å²) in [5.41, 5.74) is 3.91. The number of aliphatic imine (C=N–C) groups is 1. The molecule has 1 N–H and O–H groups in total. The van der Waals surface area contributed by atoms with Gasteiger partial charge < -0.3 is 5.32 Å². The van der Waals surface area contributed by atoms with Gasteiger partial charge in [-0.05, 0) is 42.7 Å². The molecule has 0 saturated carbocycles. The van der Waals surface area contributed by atoms with E-state index in [2.05, 4.69) is 57.4 Å². The van der Waals surface area contributed by atoms with Crippen molar-refractivity contribution in [2.24, 2.45) is 4.99 Å². The second-order valence-corrected chi connectivity index (χ2v) is 6.50. The largest absolute Gasteiger partial charge is 0.309 e. The summed E-state index contributed by atoms with van der Waals surface area (Å²) in [7, 11) is 0. The van der Waals surface area contributed by atoms with Gasteiger partial charge in [0, 0.05) is 10.9 Å². The molecule has 0 radical (unpaired) electrons. The Morgan fingerprint density at radius 1 is 1.13 bits per heavy atom. The number of nitrogens with one attached hydrogen (secondary N) is 1. The maximum absolute atomic E-state index is 12.0. The summed E-state index contributed by atoms with van der Waals surface area (Å²) >= 11 is 3.43. The first kappa shape index (κ1) is 15.7. The van der Waals surface area contributed by atoms with E-state index in [1.165, 1.54) is 11.1 Å². The molecule has 0 aromatic heterocycles. The molecule has 1 amide bonds. The third-order valence-corrected chi connectivity index (χ3v) is 4.12. The van der Waals surface area contributed by atoms with Crippen LogP contribution < -0.4 is 5.32 Å². The molecule has 0 atom stereocenters. The molecule has 0 unspecified atom stereocenters. The molecule has 4 heteroatoms. The zero-order valence-electron chi connectivity index (χ0n) is 12.8. The van der Waals surface area contributed by atoms with Gasteiger partial charge in [0.2, 0.25) is 0 Å². The molecule has 1 heterocycles. The van der Waals surface area contributed by atoms with Gasteiger partial charge >= 0.3 is 0 Å². The van der Waals surface area contributed by atoms with Gasteiger partial charge in [0.25, 0.3) is 5.91 Å². The summed E-state index contributed by atoms with van der Waals surface area (Å²) in [6.45, 7) is 2.08. The third kappa shape index (κ3) is 4.17. The predicted octanol–water partition coefficient (Wildman–Crippen LogP) is 4.26. The Labute approximate surface area is 144 Å². The molecule has 3 rings (SSSR count). The van der Waals surface area contributed by atoms with Crippen LogP contribution in [0.2, 0.25) is 0 Å². The van der Waals surface area contributed by atoms with E-state index in [0.29, 0.717) is 5.70 Å². The van der Waals surface area contributed by atoms with Crippen molar-refractivity contribution in [2.75, 3.05) is 0 Å². The van der Waals surface area contributed by atoms with Gasteiger partial charge in [-0.1, -0.05) is 57.9 Å². The average molecular weight is 369 g/mol. The van der Waals surface area contributed by atoms with Gasteiger partial charge in [-0.2, -0.15) is 0 Å². The number of benzene rings is 2. The van der Waals surface area contributed by atoms with Gasteiger partial charge in [-0.3, -0.25) is 4.79 Å². The quantitative estimate of drug-likeness (QED) is 0.804. The monoisotopic (exact) mass is 368 g/mol. The van der Waals surface area contributed by atoms with E-state index in [1.807, 2.05) is 24.3 Å². The second kappa shape index (κ2) is 6.92. The molecule has 0 aliphatic carbocycles. The Morgan fingerprint density at radius 3 is 2.74 bits per heavy atom. The lowest BCUT2D eigenvalue weighted by Crippen LogP contribution is -2.24. The van der Waals surface area contributed by atoms with E-state index in [9.17, 15) is 4.79 Å². The van der Waals surface area contributed by atoms with Gasteiger partial charge in [0.15, 0.2) is 0 Å². The second-order valence-electron chi connectivity index (χ2n) is 5.59. The van der Waals surface area contributed by atoms with Crippen LogP contribution in [-0.2, 0) is 11.2 Å². The Hall–Kier alpha value is -2.20. The highest BCUT2D eigenvalue weighted by Gasteiger charge is 2.19. The first-order chi connectivity index (χ1) is 11.1. The lowest BCUT2D eigenvalue weighted by Gasteiger charge is -2.02. The number of halogens is 1. The first-order valence-corrected chi connectivity index (χ1v) is 8.31. The van der Waals surface area contributed by atoms with E-state index in [1.54, 1.807) is 6.08 Å². The third-order valence-electron chi connectivity index (χ3n) is 3.63. The highest BCUT2D eigenvalue weighted by atomic mass is 79.9. The molecule has 0 saturated heterocycles. The molecule has 3 nitrogen and oxygen atoms in total. The average Bonchev–Trinajstić information content (AvgIpc) is 2.86. The fraction of sp³-hybridized carbons (Fsp3) is 0.158. The molecule has 2 aromatic carbocycles. The topological polar surface area (TPSA) is 41.5 Å². The summed E-state index contributed by atoms with van der Waals surface area (Å²) in [6.07, 6.45) is 3.40. The van der Waals surface area contributed by atoms with Crippen LogP contribution in [0.1, 0.15) is 23.1 Å². The number of rotatable bonds is 4. The van der Waals surface area contributed by atoms with Crippen LogP contribution in [-0.4, -0.2) is 11.7 Å². The van der Waals surface area contributed by atoms with Gasteiger partial charge in [0.05, 0.1) is 0 Å². The molecular formula is C19H17BrN2O. The fourth-order valence-corrected chi connectivity index (χ4v) is 2.94. The molecular weight excluding hydrogens is 352 g/mol. The molecule has 116 valence electrons. The molecule has 1 aliphatic heterocycles. The number of nitrogens with zero attached hydrogens (tertiary/aromatic N) is 1. The Kier molecular flexibility index (Phi) is 4.72. The van der Waals surface area contributed by atoms with Crippen LogP contribution in [0.3, 0.4) is 0 Å². The molecule has 0 fully saturated rings. The van der Waals surface area contributed by atoms with Gasteiger partial charge in [-0.25, -0.2) is 4.99 Å². The van der Waals surface area contributed by atoms with Gasteiger partial charge in [0.1, 0.15) is 11.5 Å². The lowest BCUT2D eigenvalue weighted by atomic mass is 10.1. The lowest BCUT2D eigenvalue weighted by molar-refractivity contribution is -0.115. The van der Waals surface area contributed by atoms with Crippen molar-refractivity contribution in [2.45, 2.75) is 19.8 Å². The summed E-state index contributed by atoms with van der Waals surface area (Å²) in [4.78, 5) is 16.5. The smallest absolute Gasteiger partial charge is 0.275 e. The Bertz CT molecular complexity index is 809. The van der Waals surface area contributed by atoms with E-state index in [-0.39, 0.29) is 5.91 Å². The van der Waals surface area contributed by atoms with Crippen molar-refractivity contribution in [3.63, 3.8) is 0 Å². The highest BCUT2D eigenvalue weighted by Crippen LogP contribution is 2.17. The van der Waals surface area contributed by atoms with E-state index < -0.39 is 0 Å². The summed E-state index contributed by atoms with van der Waals surface area (Å²) in [6, 6.07) is 16.2. The number of amidine groups is 1. The standard InChI is InChI=1S/C19H17BrN2O/c1-13-4-2-5-14(10-13)8-9-18-21-17(19(23)22-18)12-15-6-3-7-16(20)11-15/h2-7,10-12H,8-9H2,1H3,(H,21,22,23)/b17-12+. The Balaban J connectivity index is 1.71. The SMILES string of the molecule is Cc1cccc(CCC2=N/C(=C/c3cccc(Br)c3)C(=O)N2)c1. The minimum Gasteiger partial charge on any atom is -0.309 e. The fourth-order valence-electron chi connectivity index (χ4n) is 2.52. The van der Waals surface area contributed by atoms with Crippen LogP contribution in [0, 0.1) is 6.92 Å². The van der Waals surface area contributed by atoms with Crippen molar-refractivity contribution in [1.82, 2.24) is 5.32 Å². The number of aryl methyl sites for hydroxylation is 2. The van der Waals surface area contributed by atoms with E-state index in [0.717, 1.165) is 28.7 Å². The molecule has 0 spiro atoms. The predicted molar refractivity (Wildman–Crippen MR) is 97.2 cm³/mol. The van der Waals surface area contributed by atoms with Crippen LogP contribution in [0.5, 0.6) is 0 Å². The molecule has 0 bridgehead atoms. The van der Waals surface area contributed by atoms with Crippen LogP contribution in [0.15, 0.2) is 63.7 Å². The number of amides is 1. The number of hydrogen-bond donors (Lipinski definition) is 1. The number of carbonyl (C=O) groups excluding carboxylic acids is 1. The van der Waals surface area contributed by atoms with Crippen molar-refractivity contribution in [3.05, 3.63) is 75.4 Å². The normalized spacial score (nSPS) is 15.7. The summed E-state index contributed by atoms with van der Waals surface area (Å²) < 4.78 is 0.980. The number of carbonyl (C=O) groups is 1. The van der Waals surface area contributed by atoms with Gasteiger partial charge in [-0.15, -0.1) is 0 Å². The molecule has 1 aliphatic rings. The first-order valence-electron chi connectivity index (χ1n) is 7.52. The van der Waals surface area contributed by atoms with Crippen LogP contribution >= 0.6 is 15.9 Å². The minimum atomic E-state index is -0.135. The maximum atomic E-state index is 12.0. The molecule has 23 heavy (non-hydrogen) atoms. The van der Waals surface area contributed by atoms with Crippen LogP contribution in [0.4, 0.5) is 0 Å². The van der Waals surface area contributed by atoms with Crippen molar-refractivity contribution in [3.8, 4) is 0 Å². The number of hydrogen-bond acceptors (Lipinski definition) is 2. The summed E-state index contributed by atoms with van der Waals surface area (Å²) in [5.74, 6) is 0.599. The molecule has 2 aromatic rings. The highest BCUT2D eigenvalue weighted by molar-refractivity contribution is 9.10. The zero-order valence-corrected chi connectivity index (χ0v) is 14.4. The van der Waals surface area contributed by atoms with Crippen molar-refractivity contribution < 1.29 is 4.79 Å². The minimum absolute atomic E-state index is 0.135. The Morgan fingerprint density at radius 2 is 1.96 bits per heavy atom.